The second-order valence-electron chi connectivity index (χ2n) is 12.2. The topological polar surface area (TPSA) is 3.24 Å². The van der Waals surface area contributed by atoms with Crippen LogP contribution in [0.1, 0.15) is 0 Å². The van der Waals surface area contributed by atoms with Crippen LogP contribution in [-0.4, -0.2) is 0 Å². The molecule has 1 heteroatoms. The van der Waals surface area contributed by atoms with Gasteiger partial charge in [-0.05, 0) is 96.4 Å². The van der Waals surface area contributed by atoms with Crippen molar-refractivity contribution in [2.45, 2.75) is 0 Å². The summed E-state index contributed by atoms with van der Waals surface area (Å²) in [7, 11) is 0. The van der Waals surface area contributed by atoms with E-state index in [1.807, 2.05) is 0 Å². The molecule has 0 amide bonds. The number of benzene rings is 9. The van der Waals surface area contributed by atoms with Crippen molar-refractivity contribution in [1.29, 1.82) is 0 Å². The predicted octanol–water partition coefficient (Wildman–Crippen LogP) is 13.1. The Labute approximate surface area is 274 Å². The number of anilines is 3. The van der Waals surface area contributed by atoms with Gasteiger partial charge in [-0.3, -0.25) is 0 Å². The molecule has 0 unspecified atom stereocenters. The van der Waals surface area contributed by atoms with Crippen LogP contribution in [0.2, 0.25) is 0 Å². The van der Waals surface area contributed by atoms with Gasteiger partial charge in [-0.25, -0.2) is 0 Å². The fourth-order valence-corrected chi connectivity index (χ4v) is 7.21. The third-order valence-electron chi connectivity index (χ3n) is 9.38. The van der Waals surface area contributed by atoms with Gasteiger partial charge in [0.05, 0.1) is 5.69 Å². The van der Waals surface area contributed by atoms with Gasteiger partial charge in [0.2, 0.25) is 0 Å². The van der Waals surface area contributed by atoms with Crippen molar-refractivity contribution in [3.63, 3.8) is 0 Å². The fraction of sp³-hybridized carbons (Fsp3) is 0. The summed E-state index contributed by atoms with van der Waals surface area (Å²) in [5.74, 6) is 0. The molecule has 47 heavy (non-hydrogen) atoms. The van der Waals surface area contributed by atoms with E-state index in [1.54, 1.807) is 0 Å². The summed E-state index contributed by atoms with van der Waals surface area (Å²) >= 11 is 0. The van der Waals surface area contributed by atoms with Gasteiger partial charge in [-0.1, -0.05) is 152 Å². The smallest absolute Gasteiger partial charge is 0.0546 e. The first-order chi connectivity index (χ1) is 23.3. The Balaban J connectivity index is 1.31. The summed E-state index contributed by atoms with van der Waals surface area (Å²) in [4.78, 5) is 2.44. The minimum absolute atomic E-state index is 1.12. The van der Waals surface area contributed by atoms with Gasteiger partial charge in [0.25, 0.3) is 0 Å². The Hall–Kier alpha value is -6.18. The van der Waals surface area contributed by atoms with Crippen molar-refractivity contribution in [3.8, 4) is 22.3 Å². The van der Waals surface area contributed by atoms with Crippen LogP contribution < -0.4 is 4.90 Å². The number of hydrogen-bond donors (Lipinski definition) is 0. The molecule has 0 spiro atoms. The maximum Gasteiger partial charge on any atom is 0.0546 e. The quantitative estimate of drug-likeness (QED) is 0.178. The van der Waals surface area contributed by atoms with Gasteiger partial charge in [-0.15, -0.1) is 0 Å². The van der Waals surface area contributed by atoms with Gasteiger partial charge >= 0.3 is 0 Å². The molecule has 0 aliphatic carbocycles. The lowest BCUT2D eigenvalue weighted by atomic mass is 9.93. The molecule has 0 aromatic heterocycles. The second-order valence-corrected chi connectivity index (χ2v) is 12.2. The van der Waals surface area contributed by atoms with Crippen molar-refractivity contribution in [1.82, 2.24) is 0 Å². The van der Waals surface area contributed by atoms with Crippen LogP contribution in [0.5, 0.6) is 0 Å². The van der Waals surface area contributed by atoms with E-state index < -0.39 is 0 Å². The number of rotatable bonds is 5. The van der Waals surface area contributed by atoms with Crippen molar-refractivity contribution >= 4 is 60.2 Å². The average molecular weight is 598 g/mol. The molecule has 0 N–H and O–H groups in total. The summed E-state index contributed by atoms with van der Waals surface area (Å²) in [6.07, 6.45) is 0. The summed E-state index contributed by atoms with van der Waals surface area (Å²) < 4.78 is 0. The molecule has 9 rings (SSSR count). The Morgan fingerprint density at radius 2 is 0.745 bits per heavy atom. The molecule has 1 nitrogen and oxygen atoms in total. The van der Waals surface area contributed by atoms with E-state index in [-0.39, 0.29) is 0 Å². The minimum atomic E-state index is 1.12. The summed E-state index contributed by atoms with van der Waals surface area (Å²) in [5.41, 5.74) is 8.22. The Kier molecular flexibility index (Phi) is 6.54. The maximum absolute atomic E-state index is 2.44. The minimum Gasteiger partial charge on any atom is -0.310 e. The number of hydrogen-bond acceptors (Lipinski definition) is 1. The van der Waals surface area contributed by atoms with Gasteiger partial charge in [0, 0.05) is 16.8 Å². The molecule has 0 saturated carbocycles. The molecule has 0 atom stereocenters. The van der Waals surface area contributed by atoms with Gasteiger partial charge in [-0.2, -0.15) is 0 Å². The highest BCUT2D eigenvalue weighted by Crippen LogP contribution is 2.44. The zero-order valence-corrected chi connectivity index (χ0v) is 25.8. The first kappa shape index (κ1) is 27.2. The highest BCUT2D eigenvalue weighted by Gasteiger charge is 2.19. The molecule has 0 saturated heterocycles. The SMILES string of the molecule is c1ccc(-c2cccc(N(c3cccc(-c4cc5ccccc5c5ccccc45)c3)c3cc4ccccc4c4ccccc34)c2)cc1. The average Bonchev–Trinajstić information content (AvgIpc) is 3.15. The third kappa shape index (κ3) is 4.72. The normalized spacial score (nSPS) is 11.4. The van der Waals surface area contributed by atoms with Gasteiger partial charge in [0.15, 0.2) is 0 Å². The van der Waals surface area contributed by atoms with Crippen LogP contribution in [0.15, 0.2) is 188 Å². The van der Waals surface area contributed by atoms with E-state index in [1.165, 1.54) is 65.3 Å². The first-order valence-corrected chi connectivity index (χ1v) is 16.2. The third-order valence-corrected chi connectivity index (χ3v) is 9.38. The molecule has 9 aromatic rings. The van der Waals surface area contributed by atoms with Crippen molar-refractivity contribution in [2.75, 3.05) is 4.90 Å². The van der Waals surface area contributed by atoms with E-state index >= 15 is 0 Å². The molecular weight excluding hydrogens is 567 g/mol. The standard InChI is InChI=1S/C46H31N/c1-2-14-32(15-3-1)33-18-12-20-37(28-33)47(46-31-36-17-5-7-23-40(36)42-25-10-11-27-44(42)46)38-21-13-19-34(29-38)45-30-35-16-4-6-22-39(35)41-24-8-9-26-43(41)45/h1-31H. The summed E-state index contributed by atoms with van der Waals surface area (Å²) in [5, 5.41) is 10.0. The Bertz CT molecular complexity index is 2580. The fourth-order valence-electron chi connectivity index (χ4n) is 7.21. The van der Waals surface area contributed by atoms with Crippen LogP contribution in [0, 0.1) is 0 Å². The molecule has 0 radical (unpaired) electrons. The van der Waals surface area contributed by atoms with Gasteiger partial charge < -0.3 is 4.90 Å². The first-order valence-electron chi connectivity index (χ1n) is 16.2. The molecule has 0 aliphatic rings. The Morgan fingerprint density at radius 3 is 1.43 bits per heavy atom. The maximum atomic E-state index is 2.44. The molecule has 0 bridgehead atoms. The Morgan fingerprint density at radius 1 is 0.277 bits per heavy atom. The second kappa shape index (κ2) is 11.3. The molecule has 0 heterocycles. The van der Waals surface area contributed by atoms with E-state index in [0.29, 0.717) is 0 Å². The van der Waals surface area contributed by atoms with Crippen molar-refractivity contribution in [2.24, 2.45) is 0 Å². The van der Waals surface area contributed by atoms with Crippen LogP contribution in [0.25, 0.3) is 65.3 Å². The summed E-state index contributed by atoms with van der Waals surface area (Å²) in [6.45, 7) is 0. The monoisotopic (exact) mass is 597 g/mol. The molecule has 0 fully saturated rings. The van der Waals surface area contributed by atoms with E-state index in [0.717, 1.165) is 17.1 Å². The lowest BCUT2D eigenvalue weighted by Gasteiger charge is -2.28. The van der Waals surface area contributed by atoms with E-state index in [2.05, 4.69) is 193 Å². The van der Waals surface area contributed by atoms with Crippen molar-refractivity contribution < 1.29 is 0 Å². The molecule has 9 aromatic carbocycles. The zero-order chi connectivity index (χ0) is 31.2. The number of fused-ring (bicyclic) bond motifs is 6. The highest BCUT2D eigenvalue weighted by molar-refractivity contribution is 6.16. The molecular formula is C46H31N. The van der Waals surface area contributed by atoms with Crippen LogP contribution in [-0.2, 0) is 0 Å². The van der Waals surface area contributed by atoms with Gasteiger partial charge in [0.1, 0.15) is 0 Å². The van der Waals surface area contributed by atoms with E-state index in [9.17, 15) is 0 Å². The van der Waals surface area contributed by atoms with Crippen LogP contribution >= 0.6 is 0 Å². The lowest BCUT2D eigenvalue weighted by Crippen LogP contribution is -2.11. The molecule has 0 aliphatic heterocycles. The van der Waals surface area contributed by atoms with Crippen LogP contribution in [0.3, 0.4) is 0 Å². The number of nitrogens with zero attached hydrogens (tertiary/aromatic N) is 1. The van der Waals surface area contributed by atoms with Crippen molar-refractivity contribution in [3.05, 3.63) is 188 Å². The summed E-state index contributed by atoms with van der Waals surface area (Å²) in [6, 6.07) is 68.3. The largest absolute Gasteiger partial charge is 0.310 e. The van der Waals surface area contributed by atoms with E-state index in [4.69, 9.17) is 0 Å². The molecule has 220 valence electrons. The highest BCUT2D eigenvalue weighted by atomic mass is 15.1. The lowest BCUT2D eigenvalue weighted by molar-refractivity contribution is 1.30. The predicted molar refractivity (Wildman–Crippen MR) is 202 cm³/mol. The van der Waals surface area contributed by atoms with Crippen LogP contribution in [0.4, 0.5) is 17.1 Å². The zero-order valence-electron chi connectivity index (χ0n) is 25.8.